The molecule has 0 fully saturated rings. The van der Waals surface area contributed by atoms with E-state index in [0.717, 1.165) is 28.9 Å². The minimum Gasteiger partial charge on any atom is -0.378 e. The Kier molecular flexibility index (Phi) is 5.24. The fraction of sp³-hybridized carbons (Fsp3) is 0.160. The van der Waals surface area contributed by atoms with Crippen LogP contribution in [-0.4, -0.2) is 11.9 Å². The molecule has 3 aromatic rings. The van der Waals surface area contributed by atoms with Crippen LogP contribution >= 0.6 is 0 Å². The molecule has 3 heteroatoms. The lowest BCUT2D eigenvalue weighted by atomic mass is 9.91. The van der Waals surface area contributed by atoms with Crippen LogP contribution in [0.4, 0.5) is 11.4 Å². The van der Waals surface area contributed by atoms with E-state index >= 15 is 0 Å². The lowest BCUT2D eigenvalue weighted by Crippen LogP contribution is -2.43. The lowest BCUT2D eigenvalue weighted by molar-refractivity contribution is -0.114. The number of benzene rings is 3. The van der Waals surface area contributed by atoms with E-state index in [1.165, 1.54) is 0 Å². The van der Waals surface area contributed by atoms with Crippen molar-refractivity contribution < 1.29 is 4.79 Å². The summed E-state index contributed by atoms with van der Waals surface area (Å²) >= 11 is 0. The zero-order valence-electron chi connectivity index (χ0n) is 16.0. The Morgan fingerprint density at radius 2 is 1.57 bits per heavy atom. The quantitative estimate of drug-likeness (QED) is 0.601. The molecule has 1 aliphatic rings. The summed E-state index contributed by atoms with van der Waals surface area (Å²) in [6, 6.07) is 28.6. The first-order valence-corrected chi connectivity index (χ1v) is 9.69. The number of hydrogen-bond donors (Lipinski definition) is 1. The van der Waals surface area contributed by atoms with E-state index in [-0.39, 0.29) is 18.0 Å². The Labute approximate surface area is 166 Å². The molecule has 0 aromatic heterocycles. The summed E-state index contributed by atoms with van der Waals surface area (Å²) in [6.45, 7) is 2.11. The summed E-state index contributed by atoms with van der Waals surface area (Å²) in [5, 5.41) is 3.63. The molecule has 1 heterocycles. The smallest absolute Gasteiger partial charge is 0.251 e. The van der Waals surface area contributed by atoms with E-state index < -0.39 is 0 Å². The van der Waals surface area contributed by atoms with Gasteiger partial charge in [-0.2, -0.15) is 0 Å². The van der Waals surface area contributed by atoms with Crippen LogP contribution in [0, 0.1) is 0 Å². The molecule has 1 aliphatic heterocycles. The van der Waals surface area contributed by atoms with Crippen molar-refractivity contribution in [3.05, 3.63) is 102 Å². The molecule has 0 saturated heterocycles. The van der Waals surface area contributed by atoms with Gasteiger partial charge in [0, 0.05) is 23.5 Å². The van der Waals surface area contributed by atoms with Crippen molar-refractivity contribution in [1.29, 1.82) is 0 Å². The molecule has 0 radical (unpaired) electrons. The Morgan fingerprint density at radius 3 is 2.32 bits per heavy atom. The van der Waals surface area contributed by atoms with Gasteiger partial charge in [0.1, 0.15) is 0 Å². The number of para-hydroxylation sites is 2. The van der Waals surface area contributed by atoms with Crippen molar-refractivity contribution in [1.82, 2.24) is 0 Å². The monoisotopic (exact) mass is 368 g/mol. The Hall–Kier alpha value is -3.33. The lowest BCUT2D eigenvalue weighted by Gasteiger charge is -2.39. The number of fused-ring (bicyclic) bond motifs is 1. The van der Waals surface area contributed by atoms with Gasteiger partial charge in [0.15, 0.2) is 0 Å². The van der Waals surface area contributed by atoms with Crippen molar-refractivity contribution in [3.8, 4) is 0 Å². The fourth-order valence-electron chi connectivity index (χ4n) is 3.83. The van der Waals surface area contributed by atoms with Crippen LogP contribution in [0.5, 0.6) is 0 Å². The third kappa shape index (κ3) is 3.84. The molecule has 0 saturated carbocycles. The molecule has 1 amide bonds. The molecule has 4 rings (SSSR count). The maximum atomic E-state index is 13.0. The second kappa shape index (κ2) is 8.13. The van der Waals surface area contributed by atoms with Gasteiger partial charge in [-0.05, 0) is 48.7 Å². The topological polar surface area (TPSA) is 32.3 Å². The maximum Gasteiger partial charge on any atom is 0.251 e. The van der Waals surface area contributed by atoms with Gasteiger partial charge in [0.05, 0.1) is 6.04 Å². The van der Waals surface area contributed by atoms with E-state index in [0.29, 0.717) is 0 Å². The number of hydrogen-bond acceptors (Lipinski definition) is 2. The SMILES string of the molecule is C[C@H]1C[C@H](Nc2ccccc2)c2ccccc2N1C(=O)/C=C/c1ccccc1. The van der Waals surface area contributed by atoms with Gasteiger partial charge in [-0.25, -0.2) is 0 Å². The standard InChI is InChI=1S/C25H24N2O/c1-19-18-23(26-21-12-6-3-7-13-21)22-14-8-9-15-24(22)27(19)25(28)17-16-20-10-4-2-5-11-20/h2-17,19,23,26H,18H2,1H3/b17-16+/t19-,23-/m0/s1. The van der Waals surface area contributed by atoms with Crippen LogP contribution < -0.4 is 10.2 Å². The maximum absolute atomic E-state index is 13.0. The molecule has 3 nitrogen and oxygen atoms in total. The summed E-state index contributed by atoms with van der Waals surface area (Å²) in [7, 11) is 0. The number of amides is 1. The third-order valence-electron chi connectivity index (χ3n) is 5.16. The highest BCUT2D eigenvalue weighted by atomic mass is 16.2. The summed E-state index contributed by atoms with van der Waals surface area (Å²) in [5.41, 5.74) is 4.26. The van der Waals surface area contributed by atoms with E-state index in [4.69, 9.17) is 0 Å². The number of anilines is 2. The molecule has 0 aliphatic carbocycles. The fourth-order valence-corrected chi connectivity index (χ4v) is 3.83. The van der Waals surface area contributed by atoms with Crippen LogP contribution in [0.3, 0.4) is 0 Å². The first-order valence-electron chi connectivity index (χ1n) is 9.69. The molecular weight excluding hydrogens is 344 g/mol. The normalized spacial score (nSPS) is 18.7. The van der Waals surface area contributed by atoms with Gasteiger partial charge in [-0.1, -0.05) is 66.7 Å². The molecule has 2 atom stereocenters. The van der Waals surface area contributed by atoms with Gasteiger partial charge >= 0.3 is 0 Å². The molecule has 0 spiro atoms. The minimum absolute atomic E-state index is 0.0157. The van der Waals surface area contributed by atoms with E-state index in [2.05, 4.69) is 30.4 Å². The predicted octanol–water partition coefficient (Wildman–Crippen LogP) is 5.68. The molecule has 28 heavy (non-hydrogen) atoms. The van der Waals surface area contributed by atoms with Crippen LogP contribution in [-0.2, 0) is 4.79 Å². The number of carbonyl (C=O) groups is 1. The molecule has 0 bridgehead atoms. The highest BCUT2D eigenvalue weighted by Crippen LogP contribution is 2.39. The third-order valence-corrected chi connectivity index (χ3v) is 5.16. The average Bonchev–Trinajstić information content (AvgIpc) is 2.74. The first kappa shape index (κ1) is 18.1. The predicted molar refractivity (Wildman–Crippen MR) is 116 cm³/mol. The van der Waals surface area contributed by atoms with Crippen molar-refractivity contribution in [3.63, 3.8) is 0 Å². The van der Waals surface area contributed by atoms with Gasteiger partial charge < -0.3 is 10.2 Å². The summed E-state index contributed by atoms with van der Waals surface area (Å²) < 4.78 is 0. The van der Waals surface area contributed by atoms with Crippen molar-refractivity contribution in [2.24, 2.45) is 0 Å². The van der Waals surface area contributed by atoms with Gasteiger partial charge in [-0.15, -0.1) is 0 Å². The number of nitrogens with zero attached hydrogens (tertiary/aromatic N) is 1. The second-order valence-corrected chi connectivity index (χ2v) is 7.16. The van der Waals surface area contributed by atoms with Crippen LogP contribution in [0.25, 0.3) is 6.08 Å². The molecule has 140 valence electrons. The second-order valence-electron chi connectivity index (χ2n) is 7.16. The Morgan fingerprint density at radius 1 is 0.929 bits per heavy atom. The number of rotatable bonds is 4. The van der Waals surface area contributed by atoms with Crippen LogP contribution in [0.1, 0.15) is 30.5 Å². The minimum atomic E-state index is 0.0157. The highest BCUT2D eigenvalue weighted by molar-refractivity contribution is 6.05. The summed E-state index contributed by atoms with van der Waals surface area (Å²) in [4.78, 5) is 14.9. The molecule has 0 unspecified atom stereocenters. The first-order chi connectivity index (χ1) is 13.7. The van der Waals surface area contributed by atoms with E-state index in [1.807, 2.05) is 77.7 Å². The Balaban J connectivity index is 1.61. The number of nitrogens with one attached hydrogen (secondary N) is 1. The van der Waals surface area contributed by atoms with Gasteiger partial charge in [-0.3, -0.25) is 4.79 Å². The molecule has 1 N–H and O–H groups in total. The number of carbonyl (C=O) groups excluding carboxylic acids is 1. The van der Waals surface area contributed by atoms with E-state index in [1.54, 1.807) is 6.08 Å². The molecule has 3 aromatic carbocycles. The van der Waals surface area contributed by atoms with E-state index in [9.17, 15) is 4.79 Å². The molecular formula is C25H24N2O. The average molecular weight is 368 g/mol. The summed E-state index contributed by atoms with van der Waals surface area (Å²) in [5.74, 6) is 0.0157. The Bertz CT molecular complexity index is 966. The van der Waals surface area contributed by atoms with Crippen LogP contribution in [0.15, 0.2) is 91.0 Å². The zero-order chi connectivity index (χ0) is 19.3. The zero-order valence-corrected chi connectivity index (χ0v) is 16.0. The van der Waals surface area contributed by atoms with Crippen molar-refractivity contribution >= 4 is 23.4 Å². The summed E-state index contributed by atoms with van der Waals surface area (Å²) in [6.07, 6.45) is 4.41. The van der Waals surface area contributed by atoms with Gasteiger partial charge in [0.25, 0.3) is 5.91 Å². The van der Waals surface area contributed by atoms with Crippen molar-refractivity contribution in [2.75, 3.05) is 10.2 Å². The van der Waals surface area contributed by atoms with Crippen molar-refractivity contribution in [2.45, 2.75) is 25.4 Å². The van der Waals surface area contributed by atoms with Crippen LogP contribution in [0.2, 0.25) is 0 Å². The largest absolute Gasteiger partial charge is 0.378 e. The van der Waals surface area contributed by atoms with Gasteiger partial charge in [0.2, 0.25) is 0 Å². The highest BCUT2D eigenvalue weighted by Gasteiger charge is 2.32.